The number of unbranched alkanes of at least 4 members (excludes halogenated alkanes) is 19. The van der Waals surface area contributed by atoms with Crippen molar-refractivity contribution in [1.82, 2.24) is 0 Å². The number of hydrogen-bond acceptors (Lipinski definition) is 0. The van der Waals surface area contributed by atoms with Crippen molar-refractivity contribution in [3.8, 4) is 0 Å². The van der Waals surface area contributed by atoms with Gasteiger partial charge in [0, 0.05) is 0 Å². The molecule has 0 heterocycles. The van der Waals surface area contributed by atoms with Gasteiger partial charge in [-0.3, -0.25) is 0 Å². The van der Waals surface area contributed by atoms with Gasteiger partial charge in [-0.2, -0.15) is 0 Å². The highest BCUT2D eigenvalue weighted by molar-refractivity contribution is 5.16. The van der Waals surface area contributed by atoms with Crippen LogP contribution < -0.4 is 21.2 Å². The average molecular weight is 632 g/mol. The second kappa shape index (κ2) is 24.0. The average Bonchev–Trinajstić information content (AvgIpc) is 2.94. The highest BCUT2D eigenvalue weighted by Gasteiger charge is 2.15. The van der Waals surface area contributed by atoms with Gasteiger partial charge < -0.3 is 0 Å². The minimum absolute atomic E-state index is 0.0583. The second-order valence-corrected chi connectivity index (χ2v) is 14.6. The van der Waals surface area contributed by atoms with Gasteiger partial charge in [0.25, 0.3) is 0 Å². The third kappa shape index (κ3) is 17.7. The van der Waals surface area contributed by atoms with Crippen LogP contribution in [0.2, 0.25) is 0 Å². The Morgan fingerprint density at radius 1 is 0.342 bits per heavy atom. The lowest BCUT2D eigenvalue weighted by Gasteiger charge is -2.03. The maximum absolute atomic E-state index is 2.40. The van der Waals surface area contributed by atoms with Gasteiger partial charge in [0.2, 0.25) is 0 Å². The molecule has 0 aliphatic rings. The van der Waals surface area contributed by atoms with Gasteiger partial charge in [-0.1, -0.05) is 160 Å². The van der Waals surface area contributed by atoms with E-state index in [4.69, 9.17) is 0 Å². The molecule has 38 heavy (non-hydrogen) atoms. The van der Waals surface area contributed by atoms with Crippen LogP contribution in [0, 0.1) is 7.14 Å². The standard InChI is InChI=1S/C37H60I/c1-3-5-7-9-11-13-14-15-17-19-21-23-25-35-28-32-37(33-29-35)38-36-30-26-34(27-31-36)24-22-20-18-16-12-10-8-6-4-2/h26-33H,3-25H2,1-2H3/q+1. The van der Waals surface area contributed by atoms with Crippen molar-refractivity contribution in [2.24, 2.45) is 0 Å². The molecule has 0 unspecified atom stereocenters. The monoisotopic (exact) mass is 631 g/mol. The van der Waals surface area contributed by atoms with Crippen LogP contribution in [-0.2, 0) is 12.8 Å². The molecule has 2 aromatic carbocycles. The first kappa shape index (κ1) is 33.4. The molecule has 214 valence electrons. The number of benzene rings is 2. The molecule has 0 aliphatic carbocycles. The van der Waals surface area contributed by atoms with Gasteiger partial charge in [-0.05, 0) is 61.1 Å². The van der Waals surface area contributed by atoms with Gasteiger partial charge >= 0.3 is 21.2 Å². The minimum atomic E-state index is -0.0583. The van der Waals surface area contributed by atoms with E-state index in [0.717, 1.165) is 0 Å². The molecule has 1 heteroatoms. The Labute approximate surface area is 248 Å². The van der Waals surface area contributed by atoms with Crippen LogP contribution in [0.25, 0.3) is 0 Å². The lowest BCUT2D eigenvalue weighted by Crippen LogP contribution is -3.61. The van der Waals surface area contributed by atoms with Crippen LogP contribution in [0.5, 0.6) is 0 Å². The van der Waals surface area contributed by atoms with Crippen molar-refractivity contribution in [2.75, 3.05) is 0 Å². The molecule has 0 amide bonds. The van der Waals surface area contributed by atoms with E-state index in [-0.39, 0.29) is 21.2 Å². The second-order valence-electron chi connectivity index (χ2n) is 11.6. The molecule has 0 aliphatic heterocycles. The van der Waals surface area contributed by atoms with Crippen LogP contribution in [-0.4, -0.2) is 0 Å². The van der Waals surface area contributed by atoms with Crippen LogP contribution in [0.3, 0.4) is 0 Å². The SMILES string of the molecule is CCCCCCCCCCCCCCc1ccc([I+]c2ccc(CCCCCCCCCCC)cc2)cc1. The van der Waals surface area contributed by atoms with Crippen molar-refractivity contribution in [3.05, 3.63) is 66.8 Å². The summed E-state index contributed by atoms with van der Waals surface area (Å²) in [6, 6.07) is 19.2. The van der Waals surface area contributed by atoms with Crippen molar-refractivity contribution in [2.45, 2.75) is 162 Å². The van der Waals surface area contributed by atoms with E-state index in [1.165, 1.54) is 159 Å². The quantitative estimate of drug-likeness (QED) is 0.0758. The fraction of sp³-hybridized carbons (Fsp3) is 0.676. The highest BCUT2D eigenvalue weighted by atomic mass is 127. The summed E-state index contributed by atoms with van der Waals surface area (Å²) in [5.74, 6) is 0. The van der Waals surface area contributed by atoms with E-state index in [2.05, 4.69) is 62.4 Å². The molecular weight excluding hydrogens is 571 g/mol. The predicted octanol–water partition coefficient (Wildman–Crippen LogP) is 9.13. The largest absolute Gasteiger partial charge is 0.357 e. The first-order valence-electron chi connectivity index (χ1n) is 16.6. The van der Waals surface area contributed by atoms with Crippen molar-refractivity contribution < 1.29 is 21.2 Å². The van der Waals surface area contributed by atoms with E-state index >= 15 is 0 Å². The summed E-state index contributed by atoms with van der Waals surface area (Å²) in [6.07, 6.45) is 32.4. The molecule has 0 bridgehead atoms. The molecule has 0 atom stereocenters. The summed E-state index contributed by atoms with van der Waals surface area (Å²) in [5.41, 5.74) is 3.06. The normalized spacial score (nSPS) is 11.3. The molecule has 0 N–H and O–H groups in total. The molecule has 2 aromatic rings. The number of hydrogen-bond donors (Lipinski definition) is 0. The lowest BCUT2D eigenvalue weighted by molar-refractivity contribution is -0.597. The summed E-state index contributed by atoms with van der Waals surface area (Å²) in [5, 5.41) is 0. The molecule has 2 rings (SSSR count). The van der Waals surface area contributed by atoms with Gasteiger partial charge in [0.15, 0.2) is 7.14 Å². The summed E-state index contributed by atoms with van der Waals surface area (Å²) < 4.78 is 3.10. The minimum Gasteiger partial charge on any atom is -0.0654 e. The van der Waals surface area contributed by atoms with Gasteiger partial charge in [-0.15, -0.1) is 0 Å². The maximum Gasteiger partial charge on any atom is 0.357 e. The number of halogens is 1. The summed E-state index contributed by atoms with van der Waals surface area (Å²) in [6.45, 7) is 4.60. The summed E-state index contributed by atoms with van der Waals surface area (Å²) >= 11 is -0.0583. The third-order valence-electron chi connectivity index (χ3n) is 7.93. The topological polar surface area (TPSA) is 0 Å². The molecule has 0 nitrogen and oxygen atoms in total. The van der Waals surface area contributed by atoms with E-state index in [1.54, 1.807) is 7.14 Å². The zero-order chi connectivity index (χ0) is 26.9. The molecule has 0 radical (unpaired) electrons. The van der Waals surface area contributed by atoms with E-state index < -0.39 is 0 Å². The Kier molecular flexibility index (Phi) is 21.1. The van der Waals surface area contributed by atoms with Crippen LogP contribution >= 0.6 is 0 Å². The summed E-state index contributed by atoms with van der Waals surface area (Å²) in [7, 11) is 0. The Morgan fingerprint density at radius 2 is 0.605 bits per heavy atom. The predicted molar refractivity (Wildman–Crippen MR) is 166 cm³/mol. The molecule has 0 saturated heterocycles. The van der Waals surface area contributed by atoms with E-state index in [1.807, 2.05) is 0 Å². The first-order chi connectivity index (χ1) is 18.8. The van der Waals surface area contributed by atoms with Crippen molar-refractivity contribution in [1.29, 1.82) is 0 Å². The third-order valence-corrected chi connectivity index (χ3v) is 10.6. The highest BCUT2D eigenvalue weighted by Crippen LogP contribution is 2.14. The molecule has 0 spiro atoms. The lowest BCUT2D eigenvalue weighted by atomic mass is 10.0. The Bertz CT molecular complexity index is 760. The number of aryl methyl sites for hydroxylation is 2. The zero-order valence-corrected chi connectivity index (χ0v) is 27.4. The summed E-state index contributed by atoms with van der Waals surface area (Å²) in [4.78, 5) is 0. The first-order valence-corrected chi connectivity index (χ1v) is 18.8. The molecule has 0 fully saturated rings. The molecule has 0 aromatic heterocycles. The van der Waals surface area contributed by atoms with Gasteiger partial charge in [0.1, 0.15) is 0 Å². The van der Waals surface area contributed by atoms with Crippen LogP contribution in [0.4, 0.5) is 0 Å². The number of rotatable bonds is 25. The Balaban J connectivity index is 1.49. The Hall–Kier alpha value is -0.830. The van der Waals surface area contributed by atoms with Gasteiger partial charge in [-0.25, -0.2) is 0 Å². The fourth-order valence-corrected chi connectivity index (χ4v) is 7.52. The zero-order valence-electron chi connectivity index (χ0n) is 25.3. The van der Waals surface area contributed by atoms with Crippen molar-refractivity contribution >= 4 is 0 Å². The van der Waals surface area contributed by atoms with Crippen molar-refractivity contribution in [3.63, 3.8) is 0 Å². The van der Waals surface area contributed by atoms with E-state index in [0.29, 0.717) is 0 Å². The smallest absolute Gasteiger partial charge is 0.0654 e. The fourth-order valence-electron chi connectivity index (χ4n) is 5.36. The maximum atomic E-state index is 2.40. The van der Waals surface area contributed by atoms with Crippen LogP contribution in [0.1, 0.15) is 160 Å². The Morgan fingerprint density at radius 3 is 0.895 bits per heavy atom. The van der Waals surface area contributed by atoms with Gasteiger partial charge in [0.05, 0.1) is 0 Å². The molecule has 0 saturated carbocycles. The van der Waals surface area contributed by atoms with Crippen LogP contribution in [0.15, 0.2) is 48.5 Å². The molecular formula is C37H60I+. The van der Waals surface area contributed by atoms with E-state index in [9.17, 15) is 0 Å².